The zero-order chi connectivity index (χ0) is 13.0. The van der Waals surface area contributed by atoms with Crippen molar-refractivity contribution >= 4 is 11.8 Å². The molecule has 0 aliphatic rings. The molecule has 1 N–H and O–H groups in total. The lowest BCUT2D eigenvalue weighted by atomic mass is 10.1. The van der Waals surface area contributed by atoms with Crippen LogP contribution in [0.3, 0.4) is 0 Å². The van der Waals surface area contributed by atoms with Crippen molar-refractivity contribution in [3.63, 3.8) is 0 Å². The van der Waals surface area contributed by atoms with Gasteiger partial charge in [-0.15, -0.1) is 0 Å². The van der Waals surface area contributed by atoms with Crippen LogP contribution in [0.5, 0.6) is 0 Å². The summed E-state index contributed by atoms with van der Waals surface area (Å²) in [5.74, 6) is -0.232. The fraction of sp³-hybridized carbons (Fsp3) is 0.125. The fourth-order valence-corrected chi connectivity index (χ4v) is 1.88. The molecule has 0 saturated heterocycles. The minimum Gasteiger partial charge on any atom is -0.381 e. The summed E-state index contributed by atoms with van der Waals surface area (Å²) >= 11 is 0. The van der Waals surface area contributed by atoms with Gasteiger partial charge in [0.1, 0.15) is 5.82 Å². The number of aryl methyl sites for hydroxylation is 1. The Hall–Kier alpha value is -2.09. The molecule has 2 aromatic carbocycles. The molecule has 0 saturated carbocycles. The van der Waals surface area contributed by atoms with Gasteiger partial charge >= 0.3 is 0 Å². The molecule has 0 aliphatic heterocycles. The molecule has 18 heavy (non-hydrogen) atoms. The lowest BCUT2D eigenvalue weighted by Gasteiger charge is -2.11. The zero-order valence-corrected chi connectivity index (χ0v) is 10.4. The third-order valence-corrected chi connectivity index (χ3v) is 2.94. The minimum absolute atomic E-state index is 0.232. The van der Waals surface area contributed by atoms with Crippen LogP contribution in [0.4, 0.5) is 10.1 Å². The molecule has 2 heteroatoms. The molecule has 0 fully saturated rings. The van der Waals surface area contributed by atoms with Gasteiger partial charge in [0.15, 0.2) is 0 Å². The highest BCUT2D eigenvalue weighted by atomic mass is 19.1. The number of hydrogen-bond acceptors (Lipinski definition) is 1. The van der Waals surface area contributed by atoms with Crippen LogP contribution in [0, 0.1) is 12.7 Å². The van der Waals surface area contributed by atoms with E-state index in [9.17, 15) is 4.39 Å². The second-order valence-electron chi connectivity index (χ2n) is 4.22. The maximum absolute atomic E-state index is 13.1. The summed E-state index contributed by atoms with van der Waals surface area (Å²) in [5, 5.41) is 3.35. The molecule has 2 rings (SSSR count). The van der Waals surface area contributed by atoms with E-state index in [0.717, 1.165) is 16.8 Å². The molecule has 2 aromatic rings. The minimum atomic E-state index is -0.232. The maximum Gasteiger partial charge on any atom is 0.123 e. The average molecular weight is 241 g/mol. The van der Waals surface area contributed by atoms with Crippen LogP contribution in [0.25, 0.3) is 6.08 Å². The molecule has 0 aromatic heterocycles. The van der Waals surface area contributed by atoms with Crippen LogP contribution in [-0.4, -0.2) is 0 Å². The first-order valence-corrected chi connectivity index (χ1v) is 5.91. The Morgan fingerprint density at radius 2 is 2.00 bits per heavy atom. The van der Waals surface area contributed by atoms with E-state index in [1.165, 1.54) is 17.7 Å². The molecule has 0 heterocycles. The Morgan fingerprint density at radius 1 is 1.22 bits per heavy atom. The largest absolute Gasteiger partial charge is 0.381 e. The van der Waals surface area contributed by atoms with Crippen molar-refractivity contribution < 1.29 is 4.39 Å². The topological polar surface area (TPSA) is 12.0 Å². The Balaban J connectivity index is 2.16. The Bertz CT molecular complexity index is 561. The molecule has 0 bridgehead atoms. The van der Waals surface area contributed by atoms with Gasteiger partial charge in [-0.2, -0.15) is 0 Å². The second-order valence-corrected chi connectivity index (χ2v) is 4.22. The van der Waals surface area contributed by atoms with E-state index in [-0.39, 0.29) is 5.82 Å². The summed E-state index contributed by atoms with van der Waals surface area (Å²) in [6.45, 7) is 6.43. The van der Waals surface area contributed by atoms with Gasteiger partial charge < -0.3 is 5.32 Å². The first kappa shape index (κ1) is 12.4. The second kappa shape index (κ2) is 5.50. The van der Waals surface area contributed by atoms with Gasteiger partial charge in [0.25, 0.3) is 0 Å². The van der Waals surface area contributed by atoms with Gasteiger partial charge in [-0.1, -0.05) is 36.9 Å². The number of anilines is 1. The van der Waals surface area contributed by atoms with Gasteiger partial charge in [-0.25, -0.2) is 4.39 Å². The lowest BCUT2D eigenvalue weighted by Crippen LogP contribution is -2.02. The van der Waals surface area contributed by atoms with E-state index in [1.54, 1.807) is 12.1 Å². The molecule has 0 radical (unpaired) electrons. The van der Waals surface area contributed by atoms with Crippen molar-refractivity contribution in [3.05, 3.63) is 71.6 Å². The predicted molar refractivity (Wildman–Crippen MR) is 75.0 cm³/mol. The summed E-state index contributed by atoms with van der Waals surface area (Å²) in [6, 6.07) is 12.9. The summed E-state index contributed by atoms with van der Waals surface area (Å²) in [7, 11) is 0. The molecule has 0 spiro atoms. The van der Waals surface area contributed by atoms with Crippen LogP contribution in [0.1, 0.15) is 16.7 Å². The summed E-state index contributed by atoms with van der Waals surface area (Å²) < 4.78 is 13.1. The average Bonchev–Trinajstić information content (AvgIpc) is 2.39. The quantitative estimate of drug-likeness (QED) is 0.837. The zero-order valence-electron chi connectivity index (χ0n) is 10.4. The van der Waals surface area contributed by atoms with Crippen molar-refractivity contribution in [1.29, 1.82) is 0 Å². The molecule has 92 valence electrons. The molecule has 0 unspecified atom stereocenters. The number of benzene rings is 2. The number of rotatable bonds is 4. The van der Waals surface area contributed by atoms with Crippen LogP contribution in [0.15, 0.2) is 49.0 Å². The van der Waals surface area contributed by atoms with Crippen LogP contribution in [0.2, 0.25) is 0 Å². The van der Waals surface area contributed by atoms with E-state index >= 15 is 0 Å². The smallest absolute Gasteiger partial charge is 0.123 e. The number of halogens is 1. The van der Waals surface area contributed by atoms with Gasteiger partial charge in [0, 0.05) is 12.2 Å². The van der Waals surface area contributed by atoms with Gasteiger partial charge in [0.05, 0.1) is 0 Å². The van der Waals surface area contributed by atoms with E-state index < -0.39 is 0 Å². The Labute approximate surface area is 107 Å². The van der Waals surface area contributed by atoms with E-state index in [0.29, 0.717) is 6.54 Å². The molecular weight excluding hydrogens is 225 g/mol. The Kier molecular flexibility index (Phi) is 3.78. The van der Waals surface area contributed by atoms with Crippen molar-refractivity contribution in [2.45, 2.75) is 13.5 Å². The number of hydrogen-bond donors (Lipinski definition) is 1. The van der Waals surface area contributed by atoms with E-state index in [1.807, 2.05) is 18.2 Å². The third kappa shape index (κ3) is 2.77. The molecule has 0 aliphatic carbocycles. The SMILES string of the molecule is C=Cc1cc(F)ccc1CNc1ccccc1C. The van der Waals surface area contributed by atoms with Gasteiger partial charge in [-0.05, 0) is 41.8 Å². The van der Waals surface area contributed by atoms with Gasteiger partial charge in [-0.3, -0.25) is 0 Å². The fourth-order valence-electron chi connectivity index (χ4n) is 1.88. The molecule has 0 amide bonds. The first-order valence-electron chi connectivity index (χ1n) is 5.91. The van der Waals surface area contributed by atoms with Gasteiger partial charge in [0.2, 0.25) is 0 Å². The van der Waals surface area contributed by atoms with Crippen molar-refractivity contribution in [2.75, 3.05) is 5.32 Å². The normalized spacial score (nSPS) is 10.1. The van der Waals surface area contributed by atoms with E-state index in [2.05, 4.69) is 24.9 Å². The molecular formula is C16H16FN. The summed E-state index contributed by atoms with van der Waals surface area (Å²) in [5.41, 5.74) is 4.15. The third-order valence-electron chi connectivity index (χ3n) is 2.94. The van der Waals surface area contributed by atoms with Crippen LogP contribution < -0.4 is 5.32 Å². The molecule has 0 atom stereocenters. The highest BCUT2D eigenvalue weighted by molar-refractivity contribution is 5.55. The monoisotopic (exact) mass is 241 g/mol. The van der Waals surface area contributed by atoms with Crippen LogP contribution >= 0.6 is 0 Å². The predicted octanol–water partition coefficient (Wildman–Crippen LogP) is 4.39. The van der Waals surface area contributed by atoms with Crippen LogP contribution in [-0.2, 0) is 6.54 Å². The number of nitrogens with one attached hydrogen (secondary N) is 1. The first-order chi connectivity index (χ1) is 8.70. The van der Waals surface area contributed by atoms with Crippen molar-refractivity contribution in [3.8, 4) is 0 Å². The summed E-state index contributed by atoms with van der Waals surface area (Å²) in [4.78, 5) is 0. The number of para-hydroxylation sites is 1. The van der Waals surface area contributed by atoms with Crippen molar-refractivity contribution in [1.82, 2.24) is 0 Å². The maximum atomic E-state index is 13.1. The standard InChI is InChI=1S/C16H16FN/c1-3-13-10-15(17)9-8-14(13)11-18-16-7-5-4-6-12(16)2/h3-10,18H,1,11H2,2H3. The highest BCUT2D eigenvalue weighted by Crippen LogP contribution is 2.17. The molecule has 1 nitrogen and oxygen atoms in total. The highest BCUT2D eigenvalue weighted by Gasteiger charge is 2.02. The van der Waals surface area contributed by atoms with Crippen molar-refractivity contribution in [2.24, 2.45) is 0 Å². The summed E-state index contributed by atoms with van der Waals surface area (Å²) in [6.07, 6.45) is 1.68. The Morgan fingerprint density at radius 3 is 2.72 bits per heavy atom. The van der Waals surface area contributed by atoms with E-state index in [4.69, 9.17) is 0 Å². The lowest BCUT2D eigenvalue weighted by molar-refractivity contribution is 0.626.